The van der Waals surface area contributed by atoms with Gasteiger partial charge < -0.3 is 10.4 Å². The number of unbranched alkanes of at least 4 members (excludes halogenated alkanes) is 2. The molecule has 1 atom stereocenters. The number of aliphatic hydroxyl groups excluding tert-OH is 1. The van der Waals surface area contributed by atoms with E-state index in [0.717, 1.165) is 17.8 Å². The SMILES string of the molecule is CCCCCc1nnc(NC(=O)NCCC(O)CC)s1. The molecule has 1 unspecified atom stereocenters. The highest BCUT2D eigenvalue weighted by molar-refractivity contribution is 7.15. The number of aryl methyl sites for hydroxylation is 1. The lowest BCUT2D eigenvalue weighted by Gasteiger charge is -2.08. The van der Waals surface area contributed by atoms with Crippen molar-refractivity contribution in [2.24, 2.45) is 0 Å². The Hall–Kier alpha value is -1.21. The standard InChI is InChI=1S/C13H24N4O2S/c1-3-5-6-7-11-16-17-13(20-11)15-12(19)14-9-8-10(18)4-2/h10,18H,3-9H2,1-2H3,(H2,14,15,17,19). The summed E-state index contributed by atoms with van der Waals surface area (Å²) < 4.78 is 0. The first-order valence-electron chi connectivity index (χ1n) is 7.21. The van der Waals surface area contributed by atoms with Crippen molar-refractivity contribution in [1.82, 2.24) is 15.5 Å². The van der Waals surface area contributed by atoms with E-state index in [0.29, 0.717) is 24.5 Å². The van der Waals surface area contributed by atoms with Crippen LogP contribution in [0, 0.1) is 0 Å². The summed E-state index contributed by atoms with van der Waals surface area (Å²) in [6.07, 6.45) is 5.27. The highest BCUT2D eigenvalue weighted by atomic mass is 32.1. The maximum absolute atomic E-state index is 11.6. The average Bonchev–Trinajstić information content (AvgIpc) is 2.86. The van der Waals surface area contributed by atoms with Crippen LogP contribution in [0.5, 0.6) is 0 Å². The molecule has 2 amide bonds. The molecule has 1 aromatic rings. The molecule has 0 radical (unpaired) electrons. The number of carbonyl (C=O) groups is 1. The minimum atomic E-state index is -0.359. The first kappa shape index (κ1) is 16.8. The molecule has 20 heavy (non-hydrogen) atoms. The van der Waals surface area contributed by atoms with Gasteiger partial charge in [0.05, 0.1) is 6.10 Å². The van der Waals surface area contributed by atoms with Crippen molar-refractivity contribution in [1.29, 1.82) is 0 Å². The maximum atomic E-state index is 11.6. The van der Waals surface area contributed by atoms with Crippen LogP contribution < -0.4 is 10.6 Å². The minimum Gasteiger partial charge on any atom is -0.393 e. The molecule has 0 saturated heterocycles. The molecule has 1 aromatic heterocycles. The first-order chi connectivity index (χ1) is 9.65. The summed E-state index contributed by atoms with van der Waals surface area (Å²) in [6, 6.07) is -0.301. The molecule has 1 rings (SSSR count). The van der Waals surface area contributed by atoms with E-state index in [1.54, 1.807) is 0 Å². The molecule has 0 aromatic carbocycles. The largest absolute Gasteiger partial charge is 0.393 e. The van der Waals surface area contributed by atoms with E-state index in [1.165, 1.54) is 24.2 Å². The van der Waals surface area contributed by atoms with E-state index in [-0.39, 0.29) is 12.1 Å². The van der Waals surface area contributed by atoms with Gasteiger partial charge in [-0.15, -0.1) is 10.2 Å². The lowest BCUT2D eigenvalue weighted by molar-refractivity contribution is 0.160. The summed E-state index contributed by atoms with van der Waals surface area (Å²) in [5, 5.41) is 24.2. The van der Waals surface area contributed by atoms with Crippen molar-refractivity contribution in [3.05, 3.63) is 5.01 Å². The van der Waals surface area contributed by atoms with Crippen molar-refractivity contribution in [2.45, 2.75) is 58.5 Å². The summed E-state index contributed by atoms with van der Waals surface area (Å²) in [4.78, 5) is 11.6. The molecule has 3 N–H and O–H groups in total. The van der Waals surface area contributed by atoms with Crippen LogP contribution in [-0.4, -0.2) is 34.0 Å². The second-order valence-corrected chi connectivity index (χ2v) is 5.75. The monoisotopic (exact) mass is 300 g/mol. The van der Waals surface area contributed by atoms with Crippen LogP contribution in [-0.2, 0) is 6.42 Å². The van der Waals surface area contributed by atoms with Gasteiger partial charge >= 0.3 is 6.03 Å². The molecule has 6 nitrogen and oxygen atoms in total. The molecular formula is C13H24N4O2S. The first-order valence-corrected chi connectivity index (χ1v) is 8.02. The Bertz CT molecular complexity index is 397. The molecule has 0 saturated carbocycles. The van der Waals surface area contributed by atoms with Crippen LogP contribution in [0.4, 0.5) is 9.93 Å². The number of nitrogens with zero attached hydrogens (tertiary/aromatic N) is 2. The number of aromatic nitrogens is 2. The zero-order chi connectivity index (χ0) is 14.8. The predicted octanol–water partition coefficient (Wildman–Crippen LogP) is 2.55. The molecule has 7 heteroatoms. The lowest BCUT2D eigenvalue weighted by atomic mass is 10.2. The molecule has 0 aliphatic heterocycles. The number of amides is 2. The number of aliphatic hydroxyl groups is 1. The summed E-state index contributed by atoms with van der Waals surface area (Å²) in [5.41, 5.74) is 0. The molecule has 0 spiro atoms. The van der Waals surface area contributed by atoms with Crippen molar-refractivity contribution in [2.75, 3.05) is 11.9 Å². The highest BCUT2D eigenvalue weighted by Crippen LogP contribution is 2.17. The fourth-order valence-electron chi connectivity index (χ4n) is 1.63. The van der Waals surface area contributed by atoms with Crippen molar-refractivity contribution < 1.29 is 9.90 Å². The third kappa shape index (κ3) is 6.81. The zero-order valence-corrected chi connectivity index (χ0v) is 13.0. The van der Waals surface area contributed by atoms with Gasteiger partial charge in [0.15, 0.2) is 0 Å². The number of carbonyl (C=O) groups excluding carboxylic acids is 1. The number of anilines is 1. The van der Waals surface area contributed by atoms with Gasteiger partial charge in [-0.3, -0.25) is 5.32 Å². The Morgan fingerprint density at radius 2 is 2.15 bits per heavy atom. The third-order valence-electron chi connectivity index (χ3n) is 2.92. The summed E-state index contributed by atoms with van der Waals surface area (Å²) in [5.74, 6) is 0. The average molecular weight is 300 g/mol. The van der Waals surface area contributed by atoms with Crippen LogP contribution >= 0.6 is 11.3 Å². The van der Waals surface area contributed by atoms with Crippen molar-refractivity contribution in [3.63, 3.8) is 0 Å². The van der Waals surface area contributed by atoms with Crippen LogP contribution in [0.3, 0.4) is 0 Å². The van der Waals surface area contributed by atoms with Crippen molar-refractivity contribution >= 4 is 22.5 Å². The number of hydrogen-bond acceptors (Lipinski definition) is 5. The minimum absolute atomic E-state index is 0.301. The summed E-state index contributed by atoms with van der Waals surface area (Å²) in [6.45, 7) is 4.52. The molecule has 0 aliphatic rings. The smallest absolute Gasteiger partial charge is 0.321 e. The normalized spacial score (nSPS) is 12.2. The maximum Gasteiger partial charge on any atom is 0.321 e. The predicted molar refractivity (Wildman–Crippen MR) is 81.1 cm³/mol. The van der Waals surface area contributed by atoms with E-state index in [1.807, 2.05) is 6.92 Å². The summed E-state index contributed by atoms with van der Waals surface area (Å²) >= 11 is 1.41. The van der Waals surface area contributed by atoms with Gasteiger partial charge in [0.2, 0.25) is 5.13 Å². The van der Waals surface area contributed by atoms with Crippen LogP contribution in [0.25, 0.3) is 0 Å². The topological polar surface area (TPSA) is 87.1 Å². The quantitative estimate of drug-likeness (QED) is 0.612. The van der Waals surface area contributed by atoms with E-state index >= 15 is 0 Å². The molecule has 0 fully saturated rings. The van der Waals surface area contributed by atoms with Gasteiger partial charge in [0.25, 0.3) is 0 Å². The second-order valence-electron chi connectivity index (χ2n) is 4.69. The Kier molecular flexibility index (Phi) is 8.13. The second kappa shape index (κ2) is 9.66. The summed E-state index contributed by atoms with van der Waals surface area (Å²) in [7, 11) is 0. The number of urea groups is 1. The van der Waals surface area contributed by atoms with E-state index in [9.17, 15) is 9.90 Å². The molecular weight excluding hydrogens is 276 g/mol. The van der Waals surface area contributed by atoms with Crippen molar-refractivity contribution in [3.8, 4) is 0 Å². The Balaban J connectivity index is 2.24. The van der Waals surface area contributed by atoms with Gasteiger partial charge in [0, 0.05) is 13.0 Å². The highest BCUT2D eigenvalue weighted by Gasteiger charge is 2.08. The molecule has 0 bridgehead atoms. The van der Waals surface area contributed by atoms with Gasteiger partial charge in [0.1, 0.15) is 5.01 Å². The van der Waals surface area contributed by atoms with E-state index in [2.05, 4.69) is 27.8 Å². The number of rotatable bonds is 9. The van der Waals surface area contributed by atoms with Crippen LogP contribution in [0.15, 0.2) is 0 Å². The molecule has 114 valence electrons. The van der Waals surface area contributed by atoms with Crippen LogP contribution in [0.2, 0.25) is 0 Å². The van der Waals surface area contributed by atoms with Gasteiger partial charge in [-0.1, -0.05) is 38.0 Å². The Morgan fingerprint density at radius 3 is 2.85 bits per heavy atom. The van der Waals surface area contributed by atoms with E-state index < -0.39 is 0 Å². The number of nitrogens with one attached hydrogen (secondary N) is 2. The van der Waals surface area contributed by atoms with E-state index in [4.69, 9.17) is 0 Å². The molecule has 0 aliphatic carbocycles. The van der Waals surface area contributed by atoms with Crippen LogP contribution in [0.1, 0.15) is 51.0 Å². The lowest BCUT2D eigenvalue weighted by Crippen LogP contribution is -2.31. The Morgan fingerprint density at radius 1 is 1.35 bits per heavy atom. The fraction of sp³-hybridized carbons (Fsp3) is 0.769. The van der Waals surface area contributed by atoms with Gasteiger partial charge in [-0.2, -0.15) is 0 Å². The zero-order valence-electron chi connectivity index (χ0n) is 12.2. The fourth-order valence-corrected chi connectivity index (χ4v) is 2.41. The Labute approximate surface area is 124 Å². The van der Waals surface area contributed by atoms with Gasteiger partial charge in [-0.25, -0.2) is 4.79 Å². The van der Waals surface area contributed by atoms with Gasteiger partial charge in [-0.05, 0) is 19.3 Å². The third-order valence-corrected chi connectivity index (χ3v) is 3.81. The molecule has 1 heterocycles. The number of hydrogen-bond donors (Lipinski definition) is 3.